The van der Waals surface area contributed by atoms with Crippen LogP contribution in [0.4, 0.5) is 26.3 Å². The number of alkyl halides is 6. The van der Waals surface area contributed by atoms with Crippen LogP contribution in [0.3, 0.4) is 0 Å². The van der Waals surface area contributed by atoms with Crippen molar-refractivity contribution in [3.05, 3.63) is 29.3 Å². The van der Waals surface area contributed by atoms with E-state index in [0.29, 0.717) is 26.1 Å². The molecule has 0 spiro atoms. The molecule has 2 rings (SSSR count). The van der Waals surface area contributed by atoms with Crippen LogP contribution in [-0.2, 0) is 27.1 Å². The van der Waals surface area contributed by atoms with E-state index in [9.17, 15) is 34.8 Å². The Morgan fingerprint density at radius 3 is 1.93 bits per heavy atom. The molecule has 1 aliphatic heterocycles. The fraction of sp³-hybridized carbons (Fsp3) is 0.647. The monoisotopic (exact) mass is 448 g/mol. The minimum atomic E-state index is -5.12. The van der Waals surface area contributed by atoms with Crippen LogP contribution >= 0.6 is 0 Å². The Morgan fingerprint density at radius 2 is 1.48 bits per heavy atom. The van der Waals surface area contributed by atoms with Gasteiger partial charge in [0.15, 0.2) is 0 Å². The van der Waals surface area contributed by atoms with Gasteiger partial charge in [0.25, 0.3) is 0 Å². The molecular formula is C17H22F6N2O3S. The van der Waals surface area contributed by atoms with Crippen molar-refractivity contribution in [1.29, 1.82) is 0 Å². The van der Waals surface area contributed by atoms with Gasteiger partial charge in [0, 0.05) is 19.6 Å². The maximum atomic E-state index is 12.9. The molecule has 1 saturated heterocycles. The van der Waals surface area contributed by atoms with Gasteiger partial charge in [-0.05, 0) is 45.0 Å². The molecule has 0 unspecified atom stereocenters. The first-order valence-electron chi connectivity index (χ1n) is 8.85. The van der Waals surface area contributed by atoms with Gasteiger partial charge in [-0.25, -0.2) is 13.1 Å². The van der Waals surface area contributed by atoms with E-state index >= 15 is 0 Å². The number of nitrogens with zero attached hydrogens (tertiary/aromatic N) is 1. The molecule has 1 fully saturated rings. The molecule has 1 aliphatic rings. The molecule has 0 aliphatic carbocycles. The maximum absolute atomic E-state index is 12.9. The van der Waals surface area contributed by atoms with E-state index < -0.39 is 38.4 Å². The second kappa shape index (κ2) is 8.78. The second-order valence-corrected chi connectivity index (χ2v) is 8.78. The summed E-state index contributed by atoms with van der Waals surface area (Å²) >= 11 is 0. The van der Waals surface area contributed by atoms with E-state index in [1.54, 1.807) is 0 Å². The van der Waals surface area contributed by atoms with Gasteiger partial charge < -0.3 is 4.74 Å². The molecule has 5 nitrogen and oxygen atoms in total. The highest BCUT2D eigenvalue weighted by Gasteiger charge is 2.38. The zero-order valence-electron chi connectivity index (χ0n) is 15.8. The Morgan fingerprint density at radius 1 is 1.00 bits per heavy atom. The summed E-state index contributed by atoms with van der Waals surface area (Å²) in [5.41, 5.74) is -3.35. The molecule has 2 atom stereocenters. The van der Waals surface area contributed by atoms with Crippen molar-refractivity contribution in [2.75, 3.05) is 26.2 Å². The van der Waals surface area contributed by atoms with Gasteiger partial charge in [-0.1, -0.05) is 0 Å². The van der Waals surface area contributed by atoms with Crippen molar-refractivity contribution < 1.29 is 39.5 Å². The van der Waals surface area contributed by atoms with Gasteiger partial charge in [0.05, 0.1) is 28.2 Å². The molecule has 12 heteroatoms. The minimum Gasteiger partial charge on any atom is -0.373 e. The number of ether oxygens (including phenoxy) is 1. The number of benzene rings is 1. The van der Waals surface area contributed by atoms with Gasteiger partial charge >= 0.3 is 12.4 Å². The SMILES string of the molecule is C[C@@H]1CN(CCCNS(=O)(=O)c2cc(C(F)(F)F)cc(C(F)(F)F)c2)C[C@H](C)O1. The first-order valence-corrected chi connectivity index (χ1v) is 10.3. The lowest BCUT2D eigenvalue weighted by Crippen LogP contribution is -2.46. The Labute approximate surface area is 165 Å². The van der Waals surface area contributed by atoms with Crippen LogP contribution in [-0.4, -0.2) is 51.7 Å². The molecule has 1 heterocycles. The molecule has 0 radical (unpaired) electrons. The van der Waals surface area contributed by atoms with Crippen LogP contribution in [0.25, 0.3) is 0 Å². The Hall–Kier alpha value is -1.37. The summed E-state index contributed by atoms with van der Waals surface area (Å²) in [7, 11) is -4.54. The molecule has 166 valence electrons. The van der Waals surface area contributed by atoms with Crippen LogP contribution in [0.2, 0.25) is 0 Å². The van der Waals surface area contributed by atoms with Gasteiger partial charge in [-0.15, -0.1) is 0 Å². The Balaban J connectivity index is 2.08. The second-order valence-electron chi connectivity index (χ2n) is 7.01. The van der Waals surface area contributed by atoms with Crippen LogP contribution in [0.1, 0.15) is 31.4 Å². The lowest BCUT2D eigenvalue weighted by Gasteiger charge is -2.35. The van der Waals surface area contributed by atoms with Gasteiger partial charge in [-0.2, -0.15) is 26.3 Å². The third kappa shape index (κ3) is 6.83. The molecule has 0 saturated carbocycles. The maximum Gasteiger partial charge on any atom is 0.416 e. The van der Waals surface area contributed by atoms with Crippen LogP contribution < -0.4 is 4.72 Å². The van der Waals surface area contributed by atoms with E-state index in [4.69, 9.17) is 4.74 Å². The zero-order valence-corrected chi connectivity index (χ0v) is 16.6. The fourth-order valence-electron chi connectivity index (χ4n) is 3.14. The lowest BCUT2D eigenvalue weighted by molar-refractivity contribution is -0.143. The summed E-state index contributed by atoms with van der Waals surface area (Å²) in [5.74, 6) is 0. The number of rotatable bonds is 6. The summed E-state index contributed by atoms with van der Waals surface area (Å²) in [6.45, 7) is 5.49. The number of hydrogen-bond donors (Lipinski definition) is 1. The highest BCUT2D eigenvalue weighted by atomic mass is 32.2. The van der Waals surface area contributed by atoms with Crippen molar-refractivity contribution in [3.63, 3.8) is 0 Å². The summed E-state index contributed by atoms with van der Waals surface area (Å²) in [6, 6.07) is 0.283. The van der Waals surface area contributed by atoms with Crippen molar-refractivity contribution >= 4 is 10.0 Å². The van der Waals surface area contributed by atoms with E-state index in [1.807, 2.05) is 13.8 Å². The molecule has 1 N–H and O–H groups in total. The number of hydrogen-bond acceptors (Lipinski definition) is 4. The highest BCUT2D eigenvalue weighted by Crippen LogP contribution is 2.37. The van der Waals surface area contributed by atoms with Gasteiger partial charge in [0.2, 0.25) is 10.0 Å². The predicted molar refractivity (Wildman–Crippen MR) is 92.7 cm³/mol. The summed E-state index contributed by atoms with van der Waals surface area (Å²) < 4.78 is 110. The van der Waals surface area contributed by atoms with E-state index in [-0.39, 0.29) is 37.0 Å². The quantitative estimate of drug-likeness (QED) is 0.535. The minimum absolute atomic E-state index is 0.0151. The molecule has 29 heavy (non-hydrogen) atoms. The first-order chi connectivity index (χ1) is 13.2. The predicted octanol–water partition coefficient (Wildman–Crippen LogP) is 3.50. The number of sulfonamides is 1. The smallest absolute Gasteiger partial charge is 0.373 e. The topological polar surface area (TPSA) is 58.6 Å². The molecular weight excluding hydrogens is 426 g/mol. The molecule has 1 aromatic carbocycles. The highest BCUT2D eigenvalue weighted by molar-refractivity contribution is 7.89. The normalized spacial score (nSPS) is 22.1. The molecule has 0 aromatic heterocycles. The van der Waals surface area contributed by atoms with Crippen molar-refractivity contribution in [3.8, 4) is 0 Å². The average molecular weight is 448 g/mol. The lowest BCUT2D eigenvalue weighted by atomic mass is 10.1. The first kappa shape index (κ1) is 23.9. The summed E-state index contributed by atoms with van der Waals surface area (Å²) in [4.78, 5) is 0.979. The van der Waals surface area contributed by atoms with E-state index in [2.05, 4.69) is 9.62 Å². The van der Waals surface area contributed by atoms with Gasteiger partial charge in [0.1, 0.15) is 0 Å². The summed E-state index contributed by atoms with van der Waals surface area (Å²) in [6.07, 6.45) is -9.86. The number of halogens is 6. The molecule has 0 amide bonds. The van der Waals surface area contributed by atoms with Crippen molar-refractivity contribution in [1.82, 2.24) is 9.62 Å². The fourth-order valence-corrected chi connectivity index (χ4v) is 4.28. The van der Waals surface area contributed by atoms with Gasteiger partial charge in [-0.3, -0.25) is 4.90 Å². The average Bonchev–Trinajstić information content (AvgIpc) is 2.56. The standard InChI is InChI=1S/C17H22F6N2O3S/c1-11-9-25(10-12(2)28-11)5-3-4-24-29(26,27)15-7-13(16(18,19)20)6-14(8-15)17(21,22)23/h6-8,11-12,24H,3-5,9-10H2,1-2H3/t11-,12+. The van der Waals surface area contributed by atoms with E-state index in [1.165, 1.54) is 0 Å². The molecule has 1 aromatic rings. The number of morpholine rings is 1. The Kier molecular flexibility index (Phi) is 7.24. The number of nitrogens with one attached hydrogen (secondary N) is 1. The van der Waals surface area contributed by atoms with Crippen LogP contribution in [0.5, 0.6) is 0 Å². The van der Waals surface area contributed by atoms with E-state index in [0.717, 1.165) is 0 Å². The molecule has 0 bridgehead atoms. The van der Waals surface area contributed by atoms with Crippen molar-refractivity contribution in [2.45, 2.75) is 49.7 Å². The third-order valence-corrected chi connectivity index (χ3v) is 5.75. The Bertz CT molecular complexity index is 768. The van der Waals surface area contributed by atoms with Crippen LogP contribution in [0, 0.1) is 0 Å². The summed E-state index contributed by atoms with van der Waals surface area (Å²) in [5, 5.41) is 0. The van der Waals surface area contributed by atoms with Crippen LogP contribution in [0.15, 0.2) is 23.1 Å². The zero-order chi connectivity index (χ0) is 22.0. The largest absolute Gasteiger partial charge is 0.416 e. The third-order valence-electron chi connectivity index (χ3n) is 4.31. The van der Waals surface area contributed by atoms with Crippen molar-refractivity contribution in [2.24, 2.45) is 0 Å².